The van der Waals surface area contributed by atoms with E-state index in [0.29, 0.717) is 23.5 Å². The van der Waals surface area contributed by atoms with Gasteiger partial charge in [-0.1, -0.05) is 0 Å². The molecule has 0 aliphatic carbocycles. The number of nitriles is 1. The number of carbonyl (C=O) groups excluding carboxylic acids is 1. The molecule has 2 aromatic heterocycles. The van der Waals surface area contributed by atoms with Crippen LogP contribution in [0, 0.1) is 11.3 Å². The van der Waals surface area contributed by atoms with Crippen LogP contribution < -0.4 is 4.90 Å². The van der Waals surface area contributed by atoms with Crippen molar-refractivity contribution in [2.45, 2.75) is 13.0 Å². The Bertz CT molecular complexity index is 1020. The summed E-state index contributed by atoms with van der Waals surface area (Å²) < 4.78 is 4.82. The van der Waals surface area contributed by atoms with Crippen molar-refractivity contribution in [1.29, 1.82) is 5.26 Å². The molecule has 1 aliphatic rings. The number of hydrogen-bond donors (Lipinski definition) is 1. The van der Waals surface area contributed by atoms with E-state index in [9.17, 15) is 10.1 Å². The highest BCUT2D eigenvalue weighted by Crippen LogP contribution is 2.31. The van der Waals surface area contributed by atoms with E-state index in [2.05, 4.69) is 20.9 Å². The Morgan fingerprint density at radius 3 is 3.08 bits per heavy atom. The van der Waals surface area contributed by atoms with Crippen LogP contribution >= 0.6 is 0 Å². The number of anilines is 1. The third-order valence-electron chi connectivity index (χ3n) is 4.60. The Kier molecular flexibility index (Phi) is 3.62. The van der Waals surface area contributed by atoms with Gasteiger partial charge in [0, 0.05) is 47.9 Å². The molecule has 0 radical (unpaired) electrons. The number of H-pyrrole nitrogens is 1. The van der Waals surface area contributed by atoms with Gasteiger partial charge in [-0.25, -0.2) is 9.78 Å². The zero-order valence-electron chi connectivity index (χ0n) is 13.7. The second-order valence-corrected chi connectivity index (χ2v) is 5.99. The third kappa shape index (κ3) is 2.50. The summed E-state index contributed by atoms with van der Waals surface area (Å²) in [5.41, 5.74) is 4.41. The van der Waals surface area contributed by atoms with Gasteiger partial charge in [0.15, 0.2) is 0 Å². The maximum absolute atomic E-state index is 11.8. The van der Waals surface area contributed by atoms with Gasteiger partial charge in [0.05, 0.1) is 18.2 Å². The Labute approximate surface area is 144 Å². The zero-order valence-corrected chi connectivity index (χ0v) is 13.7. The lowest BCUT2D eigenvalue weighted by Crippen LogP contribution is -2.31. The second-order valence-electron chi connectivity index (χ2n) is 5.99. The first kappa shape index (κ1) is 15.2. The van der Waals surface area contributed by atoms with E-state index in [-0.39, 0.29) is 5.97 Å². The average Bonchev–Trinajstić information content (AvgIpc) is 3.04. The van der Waals surface area contributed by atoms with Crippen LogP contribution in [0.4, 0.5) is 5.82 Å². The first-order valence-corrected chi connectivity index (χ1v) is 8.03. The highest BCUT2D eigenvalue weighted by atomic mass is 16.5. The van der Waals surface area contributed by atoms with Gasteiger partial charge in [-0.15, -0.1) is 0 Å². The monoisotopic (exact) mass is 332 g/mol. The van der Waals surface area contributed by atoms with Crippen molar-refractivity contribution < 1.29 is 9.53 Å². The number of rotatable bonds is 2. The summed E-state index contributed by atoms with van der Waals surface area (Å²) in [7, 11) is 1.38. The third-order valence-corrected chi connectivity index (χ3v) is 4.60. The largest absolute Gasteiger partial charge is 0.465 e. The summed E-state index contributed by atoms with van der Waals surface area (Å²) in [6.07, 6.45) is 2.54. The fourth-order valence-corrected chi connectivity index (χ4v) is 3.38. The van der Waals surface area contributed by atoms with Gasteiger partial charge < -0.3 is 14.6 Å². The van der Waals surface area contributed by atoms with E-state index >= 15 is 0 Å². The van der Waals surface area contributed by atoms with Crippen molar-refractivity contribution >= 4 is 22.7 Å². The minimum absolute atomic E-state index is 0.346. The standard InChI is InChI=1S/C19H16N4O2/c1-25-19(24)12-4-5-16-14(9-12)15-11-23(8-6-17(15)22-16)18-13(10-20)3-2-7-21-18/h2-5,7,9,22H,6,8,11H2,1H3. The second kappa shape index (κ2) is 5.95. The minimum Gasteiger partial charge on any atom is -0.465 e. The van der Waals surface area contributed by atoms with Crippen LogP contribution in [0.3, 0.4) is 0 Å². The molecule has 0 spiro atoms. The number of carbonyl (C=O) groups is 1. The summed E-state index contributed by atoms with van der Waals surface area (Å²) in [5.74, 6) is 0.357. The summed E-state index contributed by atoms with van der Waals surface area (Å²) in [5, 5.41) is 10.3. The Hall–Kier alpha value is -3.33. The van der Waals surface area contributed by atoms with E-state index in [4.69, 9.17) is 4.74 Å². The normalized spacial score (nSPS) is 13.4. The summed E-state index contributed by atoms with van der Waals surface area (Å²) in [6, 6.07) is 11.3. The van der Waals surface area contributed by atoms with Crippen molar-refractivity contribution in [2.75, 3.05) is 18.6 Å². The van der Waals surface area contributed by atoms with Crippen LogP contribution in [-0.4, -0.2) is 29.6 Å². The summed E-state index contributed by atoms with van der Waals surface area (Å²) in [4.78, 5) is 21.8. The molecule has 0 unspecified atom stereocenters. The summed E-state index contributed by atoms with van der Waals surface area (Å²) >= 11 is 0. The lowest BCUT2D eigenvalue weighted by atomic mass is 10.0. The molecule has 0 saturated heterocycles. The Morgan fingerprint density at radius 1 is 1.40 bits per heavy atom. The number of fused-ring (bicyclic) bond motifs is 3. The molecule has 4 rings (SSSR count). The van der Waals surface area contributed by atoms with Gasteiger partial charge in [-0.2, -0.15) is 5.26 Å². The van der Waals surface area contributed by atoms with E-state index in [1.165, 1.54) is 12.8 Å². The molecule has 1 aliphatic heterocycles. The molecular formula is C19H16N4O2. The van der Waals surface area contributed by atoms with Crippen LogP contribution in [0.5, 0.6) is 0 Å². The number of methoxy groups -OCH3 is 1. The minimum atomic E-state index is -0.346. The molecule has 0 amide bonds. The maximum atomic E-state index is 11.8. The fraction of sp³-hybridized carbons (Fsp3) is 0.211. The predicted octanol–water partition coefficient (Wildman–Crippen LogP) is 2.78. The van der Waals surface area contributed by atoms with Crippen LogP contribution in [-0.2, 0) is 17.7 Å². The molecular weight excluding hydrogens is 316 g/mol. The van der Waals surface area contributed by atoms with Crippen LogP contribution in [0.1, 0.15) is 27.2 Å². The number of nitrogens with zero attached hydrogens (tertiary/aromatic N) is 3. The van der Waals surface area contributed by atoms with Gasteiger partial charge in [0.2, 0.25) is 0 Å². The molecule has 1 N–H and O–H groups in total. The molecule has 6 heteroatoms. The van der Waals surface area contributed by atoms with Crippen LogP contribution in [0.15, 0.2) is 36.5 Å². The number of aromatic amines is 1. The first-order valence-electron chi connectivity index (χ1n) is 8.03. The number of ether oxygens (including phenoxy) is 1. The molecule has 25 heavy (non-hydrogen) atoms. The molecule has 1 aromatic carbocycles. The van der Waals surface area contributed by atoms with Crippen molar-refractivity contribution in [1.82, 2.24) is 9.97 Å². The SMILES string of the molecule is COC(=O)c1ccc2[nH]c3c(c2c1)CN(c1ncccc1C#N)CC3. The Morgan fingerprint density at radius 2 is 2.28 bits per heavy atom. The topological polar surface area (TPSA) is 82.0 Å². The molecule has 0 bridgehead atoms. The van der Waals surface area contributed by atoms with Gasteiger partial charge >= 0.3 is 5.97 Å². The van der Waals surface area contributed by atoms with E-state index in [0.717, 1.165) is 29.4 Å². The van der Waals surface area contributed by atoms with Crippen LogP contribution in [0.2, 0.25) is 0 Å². The molecule has 6 nitrogen and oxygen atoms in total. The highest BCUT2D eigenvalue weighted by molar-refractivity contribution is 5.96. The number of aromatic nitrogens is 2. The molecule has 124 valence electrons. The number of benzene rings is 1. The molecule has 3 heterocycles. The van der Waals surface area contributed by atoms with E-state index in [1.807, 2.05) is 12.1 Å². The molecule has 3 aromatic rings. The van der Waals surface area contributed by atoms with E-state index in [1.54, 1.807) is 24.4 Å². The van der Waals surface area contributed by atoms with E-state index < -0.39 is 0 Å². The average molecular weight is 332 g/mol. The van der Waals surface area contributed by atoms with Gasteiger partial charge in [-0.3, -0.25) is 0 Å². The predicted molar refractivity (Wildman–Crippen MR) is 93.3 cm³/mol. The first-order chi connectivity index (χ1) is 12.2. The zero-order chi connectivity index (χ0) is 17.4. The van der Waals surface area contributed by atoms with Crippen molar-refractivity contribution in [2.24, 2.45) is 0 Å². The Balaban J connectivity index is 1.77. The number of pyridine rings is 1. The van der Waals surface area contributed by atoms with Gasteiger partial charge in [0.1, 0.15) is 11.9 Å². The fourth-order valence-electron chi connectivity index (χ4n) is 3.38. The van der Waals surface area contributed by atoms with Crippen molar-refractivity contribution in [3.63, 3.8) is 0 Å². The van der Waals surface area contributed by atoms with Crippen LogP contribution in [0.25, 0.3) is 10.9 Å². The maximum Gasteiger partial charge on any atom is 0.337 e. The smallest absolute Gasteiger partial charge is 0.337 e. The number of nitrogens with one attached hydrogen (secondary N) is 1. The van der Waals surface area contributed by atoms with Crippen molar-refractivity contribution in [3.05, 3.63) is 58.9 Å². The van der Waals surface area contributed by atoms with Crippen molar-refractivity contribution in [3.8, 4) is 6.07 Å². The quantitative estimate of drug-likeness (QED) is 0.730. The number of hydrogen-bond acceptors (Lipinski definition) is 5. The lowest BCUT2D eigenvalue weighted by molar-refractivity contribution is 0.0601. The van der Waals surface area contributed by atoms with Gasteiger partial charge in [-0.05, 0) is 30.3 Å². The molecule has 0 saturated carbocycles. The molecule has 0 atom stereocenters. The number of esters is 1. The molecule has 0 fully saturated rings. The highest BCUT2D eigenvalue weighted by Gasteiger charge is 2.23. The lowest BCUT2D eigenvalue weighted by Gasteiger charge is -2.28. The summed E-state index contributed by atoms with van der Waals surface area (Å²) in [6.45, 7) is 1.43. The van der Waals surface area contributed by atoms with Gasteiger partial charge in [0.25, 0.3) is 0 Å².